The molecule has 100 valence electrons. The van der Waals surface area contributed by atoms with E-state index in [1.165, 1.54) is 12.1 Å². The Morgan fingerprint density at radius 2 is 2.32 bits per heavy atom. The Labute approximate surface area is 110 Å². The first-order chi connectivity index (χ1) is 9.22. The van der Waals surface area contributed by atoms with Crippen LogP contribution >= 0.6 is 0 Å². The third-order valence-corrected chi connectivity index (χ3v) is 2.71. The average Bonchev–Trinajstić information content (AvgIpc) is 2.87. The second-order valence-electron chi connectivity index (χ2n) is 4.16. The largest absolute Gasteiger partial charge is 0.356 e. The fourth-order valence-corrected chi connectivity index (χ4v) is 1.78. The van der Waals surface area contributed by atoms with Crippen molar-refractivity contribution < 1.29 is 9.45 Å². The van der Waals surface area contributed by atoms with Gasteiger partial charge >= 0.3 is 0 Å². The molecule has 0 fully saturated rings. The van der Waals surface area contributed by atoms with Crippen LogP contribution in [0.25, 0.3) is 11.3 Å². The molecule has 1 aromatic carbocycles. The molecule has 0 saturated carbocycles. The summed E-state index contributed by atoms with van der Waals surface area (Å²) in [6.45, 7) is 3.62. The summed E-state index contributed by atoms with van der Waals surface area (Å²) in [7, 11) is 0. The van der Waals surface area contributed by atoms with Crippen molar-refractivity contribution in [1.29, 1.82) is 0 Å². The molecular weight excluding hydrogens is 246 g/mol. The van der Waals surface area contributed by atoms with E-state index in [0.717, 1.165) is 18.5 Å². The van der Waals surface area contributed by atoms with Crippen LogP contribution in [0.3, 0.4) is 0 Å². The van der Waals surface area contributed by atoms with E-state index in [4.69, 9.17) is 4.52 Å². The van der Waals surface area contributed by atoms with Crippen LogP contribution in [-0.2, 0) is 6.54 Å². The number of nitro groups is 1. The first-order valence-corrected chi connectivity index (χ1v) is 6.11. The highest BCUT2D eigenvalue weighted by Gasteiger charge is 2.13. The first-order valence-electron chi connectivity index (χ1n) is 6.11. The summed E-state index contributed by atoms with van der Waals surface area (Å²) < 4.78 is 5.20. The van der Waals surface area contributed by atoms with Crippen molar-refractivity contribution in [1.82, 2.24) is 10.5 Å². The van der Waals surface area contributed by atoms with E-state index in [9.17, 15) is 10.1 Å². The van der Waals surface area contributed by atoms with Gasteiger partial charge in [-0.25, -0.2) is 0 Å². The van der Waals surface area contributed by atoms with E-state index >= 15 is 0 Å². The lowest BCUT2D eigenvalue weighted by Crippen LogP contribution is -2.13. The SMILES string of the molecule is CCCNCc1cnoc1-c1cccc([N+](=O)[O-])c1. The highest BCUT2D eigenvalue weighted by molar-refractivity contribution is 5.63. The van der Waals surface area contributed by atoms with Gasteiger partial charge in [0.1, 0.15) is 0 Å². The third kappa shape index (κ3) is 3.17. The maximum Gasteiger partial charge on any atom is 0.270 e. The van der Waals surface area contributed by atoms with E-state index in [-0.39, 0.29) is 5.69 Å². The van der Waals surface area contributed by atoms with Crippen LogP contribution in [0.2, 0.25) is 0 Å². The van der Waals surface area contributed by atoms with Crippen LogP contribution in [0.4, 0.5) is 5.69 Å². The molecule has 1 N–H and O–H groups in total. The van der Waals surface area contributed by atoms with Gasteiger partial charge in [-0.15, -0.1) is 0 Å². The molecule has 0 aliphatic heterocycles. The maximum absolute atomic E-state index is 10.8. The van der Waals surface area contributed by atoms with Crippen molar-refractivity contribution in [2.45, 2.75) is 19.9 Å². The topological polar surface area (TPSA) is 81.2 Å². The number of nitro benzene ring substituents is 1. The number of nitrogens with one attached hydrogen (secondary N) is 1. The minimum Gasteiger partial charge on any atom is -0.356 e. The molecule has 1 heterocycles. The first kappa shape index (κ1) is 13.2. The van der Waals surface area contributed by atoms with Gasteiger partial charge in [0.2, 0.25) is 0 Å². The summed E-state index contributed by atoms with van der Waals surface area (Å²) in [5.41, 5.74) is 1.61. The summed E-state index contributed by atoms with van der Waals surface area (Å²) >= 11 is 0. The Morgan fingerprint density at radius 3 is 3.05 bits per heavy atom. The van der Waals surface area contributed by atoms with Crippen molar-refractivity contribution in [2.75, 3.05) is 6.54 Å². The van der Waals surface area contributed by atoms with Crippen molar-refractivity contribution >= 4 is 5.69 Å². The molecule has 6 nitrogen and oxygen atoms in total. The van der Waals surface area contributed by atoms with Gasteiger partial charge in [-0.3, -0.25) is 10.1 Å². The van der Waals surface area contributed by atoms with Gasteiger partial charge in [-0.2, -0.15) is 0 Å². The molecule has 0 aliphatic carbocycles. The summed E-state index contributed by atoms with van der Waals surface area (Å²) in [6.07, 6.45) is 2.67. The van der Waals surface area contributed by atoms with Crippen LogP contribution in [0.1, 0.15) is 18.9 Å². The van der Waals surface area contributed by atoms with Crippen LogP contribution in [-0.4, -0.2) is 16.6 Å². The smallest absolute Gasteiger partial charge is 0.270 e. The fraction of sp³-hybridized carbons (Fsp3) is 0.308. The summed E-state index contributed by atoms with van der Waals surface area (Å²) in [5.74, 6) is 0.576. The summed E-state index contributed by atoms with van der Waals surface area (Å²) in [5, 5.41) is 17.8. The number of rotatable bonds is 6. The van der Waals surface area contributed by atoms with Gasteiger partial charge in [-0.1, -0.05) is 24.2 Å². The highest BCUT2D eigenvalue weighted by atomic mass is 16.6. The zero-order valence-corrected chi connectivity index (χ0v) is 10.6. The van der Waals surface area contributed by atoms with Gasteiger partial charge in [0, 0.05) is 29.8 Å². The molecule has 2 aromatic rings. The number of nitrogens with zero attached hydrogens (tertiary/aromatic N) is 2. The monoisotopic (exact) mass is 261 g/mol. The van der Waals surface area contributed by atoms with Gasteiger partial charge in [0.25, 0.3) is 5.69 Å². The lowest BCUT2D eigenvalue weighted by molar-refractivity contribution is -0.384. The van der Waals surface area contributed by atoms with E-state index < -0.39 is 4.92 Å². The molecular formula is C13H15N3O3. The van der Waals surface area contributed by atoms with Crippen molar-refractivity contribution in [3.05, 3.63) is 46.1 Å². The molecule has 19 heavy (non-hydrogen) atoms. The average molecular weight is 261 g/mol. The molecule has 0 aliphatic rings. The minimum atomic E-state index is -0.422. The second-order valence-corrected chi connectivity index (χ2v) is 4.16. The van der Waals surface area contributed by atoms with Gasteiger partial charge < -0.3 is 9.84 Å². The molecule has 0 saturated heterocycles. The summed E-state index contributed by atoms with van der Waals surface area (Å²) in [6, 6.07) is 6.36. The molecule has 0 atom stereocenters. The highest BCUT2D eigenvalue weighted by Crippen LogP contribution is 2.26. The van der Waals surface area contributed by atoms with Gasteiger partial charge in [0.15, 0.2) is 5.76 Å². The maximum atomic E-state index is 10.8. The predicted octanol–water partition coefficient (Wildman–Crippen LogP) is 2.75. The van der Waals surface area contributed by atoms with Gasteiger partial charge in [-0.05, 0) is 13.0 Å². The molecule has 0 unspecified atom stereocenters. The number of hydrogen-bond acceptors (Lipinski definition) is 5. The number of non-ortho nitro benzene ring substituents is 1. The molecule has 1 aromatic heterocycles. The number of aromatic nitrogens is 1. The lowest BCUT2D eigenvalue weighted by Gasteiger charge is -2.03. The quantitative estimate of drug-likeness (QED) is 0.491. The minimum absolute atomic E-state index is 0.0429. The number of benzene rings is 1. The zero-order chi connectivity index (χ0) is 13.7. The molecule has 0 spiro atoms. The van der Waals surface area contributed by atoms with E-state index in [0.29, 0.717) is 17.9 Å². The normalized spacial score (nSPS) is 10.6. The lowest BCUT2D eigenvalue weighted by atomic mass is 10.1. The number of hydrogen-bond donors (Lipinski definition) is 1. The molecule has 6 heteroatoms. The Morgan fingerprint density at radius 1 is 1.47 bits per heavy atom. The van der Waals surface area contributed by atoms with Crippen LogP contribution in [0.15, 0.2) is 35.0 Å². The van der Waals surface area contributed by atoms with Crippen LogP contribution < -0.4 is 5.32 Å². The molecule has 0 bridgehead atoms. The van der Waals surface area contributed by atoms with Crippen molar-refractivity contribution in [2.24, 2.45) is 0 Å². The third-order valence-electron chi connectivity index (χ3n) is 2.71. The summed E-state index contributed by atoms with van der Waals surface area (Å²) in [4.78, 5) is 10.3. The van der Waals surface area contributed by atoms with E-state index in [1.54, 1.807) is 18.3 Å². The van der Waals surface area contributed by atoms with Gasteiger partial charge in [0.05, 0.1) is 11.1 Å². The molecule has 0 radical (unpaired) electrons. The Kier molecular flexibility index (Phi) is 4.25. The van der Waals surface area contributed by atoms with E-state index in [2.05, 4.69) is 17.4 Å². The zero-order valence-electron chi connectivity index (χ0n) is 10.6. The standard InChI is InChI=1S/C13H15N3O3/c1-2-6-14-8-11-9-15-19-13(11)10-4-3-5-12(7-10)16(17)18/h3-5,7,9,14H,2,6,8H2,1H3. The Bertz CT molecular complexity index is 566. The second kappa shape index (κ2) is 6.10. The predicted molar refractivity (Wildman–Crippen MR) is 70.6 cm³/mol. The van der Waals surface area contributed by atoms with Crippen LogP contribution in [0.5, 0.6) is 0 Å². The van der Waals surface area contributed by atoms with Crippen LogP contribution in [0, 0.1) is 10.1 Å². The van der Waals surface area contributed by atoms with Crippen molar-refractivity contribution in [3.63, 3.8) is 0 Å². The Balaban J connectivity index is 2.24. The Hall–Kier alpha value is -2.21. The van der Waals surface area contributed by atoms with E-state index in [1.807, 2.05) is 0 Å². The fourth-order valence-electron chi connectivity index (χ4n) is 1.78. The van der Waals surface area contributed by atoms with Crippen molar-refractivity contribution in [3.8, 4) is 11.3 Å². The molecule has 0 amide bonds. The molecule has 2 rings (SSSR count).